The maximum Gasteiger partial charge on any atom is 0.250 e. The molecule has 0 bridgehead atoms. The Labute approximate surface area is 125 Å². The summed E-state index contributed by atoms with van der Waals surface area (Å²) >= 11 is 0. The fourth-order valence-corrected chi connectivity index (χ4v) is 2.19. The summed E-state index contributed by atoms with van der Waals surface area (Å²) in [6.07, 6.45) is 2.79. The molecule has 0 saturated carbocycles. The number of pyridine rings is 1. The highest BCUT2D eigenvalue weighted by atomic mass is 16.5. The third kappa shape index (κ3) is 4.46. The Morgan fingerprint density at radius 2 is 1.86 bits per heavy atom. The number of nitrogens with zero attached hydrogens (tertiary/aromatic N) is 2. The lowest BCUT2D eigenvalue weighted by molar-refractivity contribution is 0.330. The van der Waals surface area contributed by atoms with Gasteiger partial charge in [0.25, 0.3) is 5.56 Å². The normalized spacial score (nSPS) is 10.9. The quantitative estimate of drug-likeness (QED) is 0.815. The predicted octanol–water partition coefficient (Wildman–Crippen LogP) is 2.07. The van der Waals surface area contributed by atoms with Crippen molar-refractivity contribution >= 4 is 0 Å². The Morgan fingerprint density at radius 3 is 2.48 bits per heavy atom. The molecule has 4 heteroatoms. The molecule has 112 valence electrons. The summed E-state index contributed by atoms with van der Waals surface area (Å²) in [5, 5.41) is 0. The third-order valence-corrected chi connectivity index (χ3v) is 3.56. The number of benzene rings is 1. The molecule has 0 atom stereocenters. The van der Waals surface area contributed by atoms with Crippen LogP contribution in [0.3, 0.4) is 0 Å². The average molecular weight is 286 g/mol. The second-order valence-electron chi connectivity index (χ2n) is 5.32. The van der Waals surface area contributed by atoms with Crippen molar-refractivity contribution in [1.82, 2.24) is 9.47 Å². The molecule has 0 aliphatic rings. The van der Waals surface area contributed by atoms with E-state index in [1.54, 1.807) is 24.8 Å². The Kier molecular flexibility index (Phi) is 5.17. The summed E-state index contributed by atoms with van der Waals surface area (Å²) in [5.41, 5.74) is 2.37. The van der Waals surface area contributed by atoms with E-state index in [0.717, 1.165) is 30.8 Å². The van der Waals surface area contributed by atoms with Crippen molar-refractivity contribution in [2.24, 2.45) is 7.05 Å². The number of rotatable bonds is 6. The number of hydrogen-bond donors (Lipinski definition) is 0. The molecule has 0 fully saturated rings. The zero-order valence-electron chi connectivity index (χ0n) is 12.9. The standard InChI is InChI=1S/C17H22N2O2/c1-18(13-15-9-11-19(2)17(20)12-15)10-8-14-4-6-16(21-3)7-5-14/h4-7,9,11-12H,8,10,13H2,1-3H3. The molecule has 0 saturated heterocycles. The van der Waals surface area contributed by atoms with E-state index in [-0.39, 0.29) is 5.56 Å². The highest BCUT2D eigenvalue weighted by Gasteiger charge is 2.03. The van der Waals surface area contributed by atoms with Crippen molar-refractivity contribution in [1.29, 1.82) is 0 Å². The van der Waals surface area contributed by atoms with Crippen LogP contribution in [0.1, 0.15) is 11.1 Å². The van der Waals surface area contributed by atoms with Crippen LogP contribution >= 0.6 is 0 Å². The topological polar surface area (TPSA) is 34.5 Å². The molecule has 2 rings (SSSR count). The number of aromatic nitrogens is 1. The molecular weight excluding hydrogens is 264 g/mol. The van der Waals surface area contributed by atoms with Crippen molar-refractivity contribution in [3.05, 3.63) is 64.1 Å². The lowest BCUT2D eigenvalue weighted by atomic mass is 10.1. The van der Waals surface area contributed by atoms with Crippen LogP contribution in [0.5, 0.6) is 5.75 Å². The third-order valence-electron chi connectivity index (χ3n) is 3.56. The molecule has 4 nitrogen and oxygen atoms in total. The minimum Gasteiger partial charge on any atom is -0.497 e. The van der Waals surface area contributed by atoms with Crippen LogP contribution in [-0.2, 0) is 20.0 Å². The van der Waals surface area contributed by atoms with Gasteiger partial charge >= 0.3 is 0 Å². The highest BCUT2D eigenvalue weighted by Crippen LogP contribution is 2.12. The Hall–Kier alpha value is -2.07. The summed E-state index contributed by atoms with van der Waals surface area (Å²) in [6, 6.07) is 11.8. The van der Waals surface area contributed by atoms with Crippen molar-refractivity contribution in [3.63, 3.8) is 0 Å². The number of likely N-dealkylation sites (N-methyl/N-ethyl adjacent to an activating group) is 1. The van der Waals surface area contributed by atoms with Gasteiger partial charge in [-0.3, -0.25) is 4.79 Å². The lowest BCUT2D eigenvalue weighted by Gasteiger charge is -2.16. The predicted molar refractivity (Wildman–Crippen MR) is 84.7 cm³/mol. The van der Waals surface area contributed by atoms with Gasteiger partial charge in [0.2, 0.25) is 0 Å². The monoisotopic (exact) mass is 286 g/mol. The number of hydrogen-bond acceptors (Lipinski definition) is 3. The van der Waals surface area contributed by atoms with Crippen molar-refractivity contribution in [2.75, 3.05) is 20.7 Å². The molecule has 21 heavy (non-hydrogen) atoms. The first-order valence-corrected chi connectivity index (χ1v) is 7.05. The second-order valence-corrected chi connectivity index (χ2v) is 5.32. The van der Waals surface area contributed by atoms with E-state index in [0.29, 0.717) is 0 Å². The molecular formula is C17H22N2O2. The largest absolute Gasteiger partial charge is 0.497 e. The molecule has 0 aliphatic carbocycles. The smallest absolute Gasteiger partial charge is 0.250 e. The van der Waals surface area contributed by atoms with Crippen LogP contribution in [0.15, 0.2) is 47.4 Å². The van der Waals surface area contributed by atoms with E-state index in [4.69, 9.17) is 4.74 Å². The molecule has 0 unspecified atom stereocenters. The van der Waals surface area contributed by atoms with Gasteiger partial charge in [-0.1, -0.05) is 12.1 Å². The molecule has 0 N–H and O–H groups in total. The van der Waals surface area contributed by atoms with E-state index < -0.39 is 0 Å². The Balaban J connectivity index is 1.87. The number of ether oxygens (including phenoxy) is 1. The van der Waals surface area contributed by atoms with Crippen LogP contribution in [0.4, 0.5) is 0 Å². The van der Waals surface area contributed by atoms with Gasteiger partial charge in [0.15, 0.2) is 0 Å². The average Bonchev–Trinajstić information content (AvgIpc) is 2.49. The van der Waals surface area contributed by atoms with Crippen molar-refractivity contribution < 1.29 is 4.74 Å². The molecule has 1 aromatic carbocycles. The van der Waals surface area contributed by atoms with E-state index in [1.807, 2.05) is 24.4 Å². The number of aryl methyl sites for hydroxylation is 1. The summed E-state index contributed by atoms with van der Waals surface area (Å²) < 4.78 is 6.74. The van der Waals surface area contributed by atoms with Gasteiger partial charge in [0.1, 0.15) is 5.75 Å². The first kappa shape index (κ1) is 15.3. The molecule has 0 radical (unpaired) electrons. The van der Waals surface area contributed by atoms with Crippen LogP contribution in [-0.4, -0.2) is 30.2 Å². The van der Waals surface area contributed by atoms with Gasteiger partial charge in [0.05, 0.1) is 7.11 Å². The fourth-order valence-electron chi connectivity index (χ4n) is 2.19. The van der Waals surface area contributed by atoms with Crippen molar-refractivity contribution in [2.45, 2.75) is 13.0 Å². The zero-order chi connectivity index (χ0) is 15.2. The van der Waals surface area contributed by atoms with Gasteiger partial charge < -0.3 is 14.2 Å². The summed E-state index contributed by atoms with van der Waals surface area (Å²) in [7, 11) is 5.51. The Morgan fingerprint density at radius 1 is 1.14 bits per heavy atom. The molecule has 0 spiro atoms. The van der Waals surface area contributed by atoms with Gasteiger partial charge in [-0.15, -0.1) is 0 Å². The Bertz CT molecular complexity index is 632. The van der Waals surface area contributed by atoms with E-state index in [1.165, 1.54) is 5.56 Å². The molecule has 0 aliphatic heterocycles. The lowest BCUT2D eigenvalue weighted by Crippen LogP contribution is -2.23. The van der Waals surface area contributed by atoms with Crippen LogP contribution < -0.4 is 10.3 Å². The SMILES string of the molecule is COc1ccc(CCN(C)Cc2ccn(C)c(=O)c2)cc1. The van der Waals surface area contributed by atoms with E-state index in [9.17, 15) is 4.79 Å². The summed E-state index contributed by atoms with van der Waals surface area (Å²) in [4.78, 5) is 13.8. The first-order chi connectivity index (χ1) is 10.1. The number of methoxy groups -OCH3 is 1. The van der Waals surface area contributed by atoms with Gasteiger partial charge in [-0.25, -0.2) is 0 Å². The van der Waals surface area contributed by atoms with E-state index >= 15 is 0 Å². The second kappa shape index (κ2) is 7.09. The molecule has 1 heterocycles. The van der Waals surface area contributed by atoms with Gasteiger partial charge in [0, 0.05) is 32.4 Å². The molecule has 2 aromatic rings. The summed E-state index contributed by atoms with van der Waals surface area (Å²) in [6.45, 7) is 1.73. The van der Waals surface area contributed by atoms with Crippen LogP contribution in [0, 0.1) is 0 Å². The van der Waals surface area contributed by atoms with Crippen LogP contribution in [0.25, 0.3) is 0 Å². The van der Waals surface area contributed by atoms with Gasteiger partial charge in [-0.05, 0) is 42.8 Å². The van der Waals surface area contributed by atoms with Crippen molar-refractivity contribution in [3.8, 4) is 5.75 Å². The molecule has 0 amide bonds. The maximum absolute atomic E-state index is 11.6. The first-order valence-electron chi connectivity index (χ1n) is 7.05. The fraction of sp³-hybridized carbons (Fsp3) is 0.353. The minimum atomic E-state index is 0.0380. The summed E-state index contributed by atoms with van der Waals surface area (Å²) in [5.74, 6) is 0.882. The maximum atomic E-state index is 11.6. The van der Waals surface area contributed by atoms with Gasteiger partial charge in [-0.2, -0.15) is 0 Å². The van der Waals surface area contributed by atoms with E-state index in [2.05, 4.69) is 24.1 Å². The minimum absolute atomic E-state index is 0.0380. The zero-order valence-corrected chi connectivity index (χ0v) is 12.9. The van der Waals surface area contributed by atoms with Crippen LogP contribution in [0.2, 0.25) is 0 Å². The molecule has 1 aromatic heterocycles. The highest BCUT2D eigenvalue weighted by molar-refractivity contribution is 5.27.